The van der Waals surface area contributed by atoms with Gasteiger partial charge in [0, 0.05) is 12.1 Å². The number of aliphatic imine (C=N–C) groups is 1. The molecular weight excluding hydrogens is 550 g/mol. The van der Waals surface area contributed by atoms with Crippen LogP contribution >= 0.6 is 24.0 Å². The highest BCUT2D eigenvalue weighted by molar-refractivity contribution is 14.0. The summed E-state index contributed by atoms with van der Waals surface area (Å²) in [5.41, 5.74) is 0.408. The average Bonchev–Trinajstić information content (AvgIpc) is 2.78. The van der Waals surface area contributed by atoms with Crippen molar-refractivity contribution in [3.05, 3.63) is 53.1 Å². The number of nitrogens with zero attached hydrogens (tertiary/aromatic N) is 1. The van der Waals surface area contributed by atoms with Crippen molar-refractivity contribution >= 4 is 29.9 Å². The third-order valence-electron chi connectivity index (χ3n) is 4.26. The van der Waals surface area contributed by atoms with Gasteiger partial charge in [0.1, 0.15) is 0 Å². The minimum atomic E-state index is -4.40. The molecule has 0 radical (unpaired) electrons. The molecule has 2 aromatic carbocycles. The van der Waals surface area contributed by atoms with E-state index < -0.39 is 11.7 Å². The number of hydrogen-bond donors (Lipinski definition) is 2. The zero-order valence-corrected chi connectivity index (χ0v) is 21.1. The lowest BCUT2D eigenvalue weighted by Crippen LogP contribution is -2.37. The van der Waals surface area contributed by atoms with E-state index in [1.54, 1.807) is 14.2 Å². The van der Waals surface area contributed by atoms with Crippen LogP contribution in [0.5, 0.6) is 17.2 Å². The Morgan fingerprint density at radius 3 is 2.21 bits per heavy atom. The number of hydrogen-bond acceptors (Lipinski definition) is 4. The Morgan fingerprint density at radius 1 is 1.00 bits per heavy atom. The lowest BCUT2D eigenvalue weighted by atomic mass is 10.1. The Hall–Kier alpha value is -2.81. The molecule has 2 rings (SSSR count). The normalized spacial score (nSPS) is 10.9. The molecule has 33 heavy (non-hydrogen) atoms. The molecule has 0 saturated heterocycles. The molecular formula is C23H27F3IN3O3. The van der Waals surface area contributed by atoms with Crippen molar-refractivity contribution in [2.24, 2.45) is 4.99 Å². The van der Waals surface area contributed by atoms with Crippen LogP contribution in [0.2, 0.25) is 0 Å². The summed E-state index contributed by atoms with van der Waals surface area (Å²) in [5.74, 6) is 7.61. The maximum Gasteiger partial charge on any atom is 0.416 e. The maximum atomic E-state index is 12.8. The second-order valence-electron chi connectivity index (χ2n) is 6.46. The van der Waals surface area contributed by atoms with E-state index in [0.29, 0.717) is 41.9 Å². The van der Waals surface area contributed by atoms with E-state index in [-0.39, 0.29) is 30.5 Å². The SMILES string of the molecule is CCNC(=NCc1cc(OC)c(OC)c(OC)c1)NCC#Cc1cccc(C(F)(F)F)c1.I. The van der Waals surface area contributed by atoms with Gasteiger partial charge >= 0.3 is 6.18 Å². The predicted molar refractivity (Wildman–Crippen MR) is 133 cm³/mol. The largest absolute Gasteiger partial charge is 0.493 e. The molecule has 0 bridgehead atoms. The number of ether oxygens (including phenoxy) is 3. The van der Waals surface area contributed by atoms with E-state index in [4.69, 9.17) is 14.2 Å². The number of alkyl halides is 3. The van der Waals surface area contributed by atoms with Gasteiger partial charge in [0.15, 0.2) is 17.5 Å². The van der Waals surface area contributed by atoms with Crippen LogP contribution in [0.1, 0.15) is 23.6 Å². The Labute approximate surface area is 208 Å². The minimum Gasteiger partial charge on any atom is -0.493 e. The summed E-state index contributed by atoms with van der Waals surface area (Å²) in [6.45, 7) is 3.08. The van der Waals surface area contributed by atoms with Gasteiger partial charge in [0.25, 0.3) is 0 Å². The highest BCUT2D eigenvalue weighted by atomic mass is 127. The van der Waals surface area contributed by atoms with Crippen LogP contribution in [0.25, 0.3) is 0 Å². The highest BCUT2D eigenvalue weighted by Gasteiger charge is 2.30. The number of methoxy groups -OCH3 is 3. The Balaban J connectivity index is 0.00000544. The van der Waals surface area contributed by atoms with E-state index in [1.165, 1.54) is 19.2 Å². The molecule has 0 atom stereocenters. The van der Waals surface area contributed by atoms with Crippen molar-refractivity contribution in [2.75, 3.05) is 34.4 Å². The van der Waals surface area contributed by atoms with E-state index >= 15 is 0 Å². The zero-order valence-electron chi connectivity index (χ0n) is 18.8. The first-order valence-corrected chi connectivity index (χ1v) is 9.79. The van der Waals surface area contributed by atoms with Crippen LogP contribution < -0.4 is 24.8 Å². The summed E-state index contributed by atoms with van der Waals surface area (Å²) in [4.78, 5) is 4.51. The number of guanidine groups is 1. The second kappa shape index (κ2) is 13.7. The molecule has 0 spiro atoms. The molecule has 0 aliphatic carbocycles. The molecule has 0 heterocycles. The Morgan fingerprint density at radius 2 is 1.67 bits per heavy atom. The van der Waals surface area contributed by atoms with Crippen LogP contribution in [0.15, 0.2) is 41.4 Å². The van der Waals surface area contributed by atoms with Gasteiger partial charge in [-0.05, 0) is 42.8 Å². The molecule has 2 aromatic rings. The summed E-state index contributed by atoms with van der Waals surface area (Å²) in [5, 5.41) is 6.14. The van der Waals surface area contributed by atoms with Crippen molar-refractivity contribution in [3.63, 3.8) is 0 Å². The summed E-state index contributed by atoms with van der Waals surface area (Å²) in [6, 6.07) is 8.53. The van der Waals surface area contributed by atoms with Crippen molar-refractivity contribution in [1.82, 2.24) is 10.6 Å². The van der Waals surface area contributed by atoms with Crippen LogP contribution in [0.4, 0.5) is 13.2 Å². The van der Waals surface area contributed by atoms with Gasteiger partial charge in [-0.2, -0.15) is 13.2 Å². The van der Waals surface area contributed by atoms with Gasteiger partial charge in [-0.25, -0.2) is 4.99 Å². The van der Waals surface area contributed by atoms with Crippen molar-refractivity contribution < 1.29 is 27.4 Å². The first kappa shape index (κ1) is 28.2. The molecule has 2 N–H and O–H groups in total. The van der Waals surface area contributed by atoms with Crippen LogP contribution in [-0.2, 0) is 12.7 Å². The standard InChI is InChI=1S/C23H26F3N3O3.HI/c1-5-27-22(28-11-7-9-16-8-6-10-18(12-16)23(24,25)26)29-15-17-13-19(30-2)21(32-4)20(14-17)31-3;/h6,8,10,12-14H,5,11,15H2,1-4H3,(H2,27,28,29);1H. The molecule has 0 aliphatic rings. The van der Waals surface area contributed by atoms with Gasteiger partial charge in [0.05, 0.1) is 40.0 Å². The fraction of sp³-hybridized carbons (Fsp3) is 0.348. The molecule has 0 saturated carbocycles. The maximum absolute atomic E-state index is 12.8. The number of rotatable bonds is 7. The topological polar surface area (TPSA) is 64.1 Å². The lowest BCUT2D eigenvalue weighted by Gasteiger charge is -2.14. The lowest BCUT2D eigenvalue weighted by molar-refractivity contribution is -0.137. The number of benzene rings is 2. The van der Waals surface area contributed by atoms with E-state index in [1.807, 2.05) is 19.1 Å². The minimum absolute atomic E-state index is 0. The predicted octanol–water partition coefficient (Wildman–Crippen LogP) is 4.46. The monoisotopic (exact) mass is 577 g/mol. The highest BCUT2D eigenvalue weighted by Crippen LogP contribution is 2.38. The van der Waals surface area contributed by atoms with E-state index in [0.717, 1.165) is 17.7 Å². The molecule has 0 unspecified atom stereocenters. The zero-order chi connectivity index (χ0) is 23.6. The van der Waals surface area contributed by atoms with Gasteiger partial charge in [0.2, 0.25) is 5.75 Å². The Bertz CT molecular complexity index is 977. The summed E-state index contributed by atoms with van der Waals surface area (Å²) in [6.07, 6.45) is -4.40. The van der Waals surface area contributed by atoms with Gasteiger partial charge in [-0.3, -0.25) is 0 Å². The van der Waals surface area contributed by atoms with Crippen LogP contribution in [0, 0.1) is 11.8 Å². The van der Waals surface area contributed by atoms with Gasteiger partial charge in [-0.1, -0.05) is 17.9 Å². The Kier molecular flexibility index (Phi) is 11.7. The van der Waals surface area contributed by atoms with Gasteiger partial charge < -0.3 is 24.8 Å². The fourth-order valence-corrected chi connectivity index (χ4v) is 2.79. The summed E-state index contributed by atoms with van der Waals surface area (Å²) in [7, 11) is 4.61. The van der Waals surface area contributed by atoms with Crippen molar-refractivity contribution in [3.8, 4) is 29.1 Å². The molecule has 6 nitrogen and oxygen atoms in total. The number of halogens is 4. The molecule has 0 aliphatic heterocycles. The third-order valence-corrected chi connectivity index (χ3v) is 4.26. The number of nitrogens with one attached hydrogen (secondary N) is 2. The molecule has 10 heteroatoms. The third kappa shape index (κ3) is 8.57. The van der Waals surface area contributed by atoms with Gasteiger partial charge in [-0.15, -0.1) is 24.0 Å². The van der Waals surface area contributed by atoms with Crippen LogP contribution in [0.3, 0.4) is 0 Å². The first-order valence-electron chi connectivity index (χ1n) is 9.79. The summed E-state index contributed by atoms with van der Waals surface area (Å²) < 4.78 is 54.4. The second-order valence-corrected chi connectivity index (χ2v) is 6.46. The van der Waals surface area contributed by atoms with Crippen LogP contribution in [-0.4, -0.2) is 40.4 Å². The summed E-state index contributed by atoms with van der Waals surface area (Å²) >= 11 is 0. The average molecular weight is 577 g/mol. The molecule has 0 aromatic heterocycles. The first-order chi connectivity index (χ1) is 15.3. The molecule has 180 valence electrons. The smallest absolute Gasteiger partial charge is 0.416 e. The van der Waals surface area contributed by atoms with Crippen molar-refractivity contribution in [2.45, 2.75) is 19.6 Å². The van der Waals surface area contributed by atoms with E-state index in [2.05, 4.69) is 27.5 Å². The quantitative estimate of drug-likeness (QED) is 0.221. The van der Waals surface area contributed by atoms with Crippen molar-refractivity contribution in [1.29, 1.82) is 0 Å². The molecule has 0 fully saturated rings. The van der Waals surface area contributed by atoms with E-state index in [9.17, 15) is 13.2 Å². The fourth-order valence-electron chi connectivity index (χ4n) is 2.79. The molecule has 0 amide bonds.